The van der Waals surface area contributed by atoms with Gasteiger partial charge < -0.3 is 9.73 Å². The van der Waals surface area contributed by atoms with E-state index in [0.29, 0.717) is 12.0 Å². The van der Waals surface area contributed by atoms with E-state index < -0.39 is 0 Å². The number of oxazole rings is 1. The van der Waals surface area contributed by atoms with Crippen LogP contribution in [0.1, 0.15) is 44.8 Å². The average Bonchev–Trinajstić information content (AvgIpc) is 2.68. The Bertz CT molecular complexity index is 306. The Morgan fingerprint density at radius 1 is 1.64 bits per heavy atom. The summed E-state index contributed by atoms with van der Waals surface area (Å²) in [5.74, 6) is 3.30. The zero-order valence-corrected chi connectivity index (χ0v) is 9.08. The summed E-state index contributed by atoms with van der Waals surface area (Å²) >= 11 is 0. The fourth-order valence-electron chi connectivity index (χ4n) is 1.59. The molecule has 2 unspecified atom stereocenters. The zero-order chi connectivity index (χ0) is 10.1. The Morgan fingerprint density at radius 3 is 2.93 bits per heavy atom. The highest BCUT2D eigenvalue weighted by Crippen LogP contribution is 2.46. The summed E-state index contributed by atoms with van der Waals surface area (Å²) in [6.45, 7) is 7.22. The minimum Gasteiger partial charge on any atom is -0.444 e. The summed E-state index contributed by atoms with van der Waals surface area (Å²) in [7, 11) is 0. The molecule has 3 nitrogen and oxygen atoms in total. The third-order valence-electron chi connectivity index (χ3n) is 2.71. The van der Waals surface area contributed by atoms with E-state index in [1.54, 1.807) is 0 Å². The van der Waals surface area contributed by atoms with Crippen LogP contribution in [0.3, 0.4) is 0 Å². The van der Waals surface area contributed by atoms with Gasteiger partial charge in [0.1, 0.15) is 5.76 Å². The normalized spacial score (nSPS) is 25.7. The molecule has 1 fully saturated rings. The predicted octanol–water partition coefficient (Wildman–Crippen LogP) is 2.30. The van der Waals surface area contributed by atoms with Gasteiger partial charge in [-0.1, -0.05) is 20.8 Å². The third kappa shape index (κ3) is 2.15. The van der Waals surface area contributed by atoms with Gasteiger partial charge in [-0.2, -0.15) is 0 Å². The number of nitrogens with one attached hydrogen (secondary N) is 1. The molecule has 1 heterocycles. The van der Waals surface area contributed by atoms with E-state index in [-0.39, 0.29) is 0 Å². The average molecular weight is 194 g/mol. The molecule has 2 atom stereocenters. The van der Waals surface area contributed by atoms with Gasteiger partial charge in [-0.25, -0.2) is 4.98 Å². The lowest BCUT2D eigenvalue weighted by atomic mass is 10.3. The van der Waals surface area contributed by atoms with Gasteiger partial charge in [0.25, 0.3) is 0 Å². The molecule has 1 aromatic heterocycles. The molecule has 1 N–H and O–H groups in total. The molecule has 2 rings (SSSR count). The Labute approximate surface area is 84.9 Å². The van der Waals surface area contributed by atoms with Crippen LogP contribution in [0.4, 0.5) is 0 Å². The lowest BCUT2D eigenvalue weighted by Gasteiger charge is -2.03. The monoisotopic (exact) mass is 194 g/mol. The van der Waals surface area contributed by atoms with Crippen LogP contribution < -0.4 is 5.32 Å². The van der Waals surface area contributed by atoms with Gasteiger partial charge in [-0.15, -0.1) is 0 Å². The highest BCUT2D eigenvalue weighted by molar-refractivity contribution is 5.11. The van der Waals surface area contributed by atoms with Crippen LogP contribution in [0, 0.1) is 5.92 Å². The maximum Gasteiger partial charge on any atom is 0.208 e. The van der Waals surface area contributed by atoms with E-state index in [9.17, 15) is 0 Å². The number of nitrogens with zero attached hydrogens (tertiary/aromatic N) is 1. The first-order valence-corrected chi connectivity index (χ1v) is 5.35. The van der Waals surface area contributed by atoms with Crippen molar-refractivity contribution in [1.82, 2.24) is 10.3 Å². The summed E-state index contributed by atoms with van der Waals surface area (Å²) in [4.78, 5) is 4.25. The fourth-order valence-corrected chi connectivity index (χ4v) is 1.59. The van der Waals surface area contributed by atoms with Gasteiger partial charge in [0.2, 0.25) is 5.89 Å². The van der Waals surface area contributed by atoms with Gasteiger partial charge in [0.05, 0.1) is 12.7 Å². The topological polar surface area (TPSA) is 38.1 Å². The lowest BCUT2D eigenvalue weighted by Crippen LogP contribution is -2.21. The molecule has 78 valence electrons. The largest absolute Gasteiger partial charge is 0.444 e. The van der Waals surface area contributed by atoms with E-state index in [1.807, 2.05) is 6.20 Å². The Balaban J connectivity index is 1.90. The molecule has 1 aromatic rings. The number of aromatic nitrogens is 1. The molecule has 0 saturated heterocycles. The second-order valence-corrected chi connectivity index (χ2v) is 4.51. The zero-order valence-electron chi connectivity index (χ0n) is 9.08. The highest BCUT2D eigenvalue weighted by Gasteiger charge is 2.37. The smallest absolute Gasteiger partial charge is 0.208 e. The van der Waals surface area contributed by atoms with Crippen LogP contribution in [0.15, 0.2) is 10.6 Å². The van der Waals surface area contributed by atoms with Crippen LogP contribution in [0.25, 0.3) is 0 Å². The quantitative estimate of drug-likeness (QED) is 0.799. The summed E-state index contributed by atoms with van der Waals surface area (Å²) < 4.78 is 5.65. The summed E-state index contributed by atoms with van der Waals surface area (Å²) in [5, 5.41) is 3.29. The van der Waals surface area contributed by atoms with Crippen LogP contribution in [0.5, 0.6) is 0 Å². The molecule has 0 bridgehead atoms. The number of hydrogen-bond donors (Lipinski definition) is 1. The second-order valence-electron chi connectivity index (χ2n) is 4.51. The Morgan fingerprint density at radius 2 is 2.36 bits per heavy atom. The van der Waals surface area contributed by atoms with Gasteiger partial charge in [0, 0.05) is 12.0 Å². The second kappa shape index (κ2) is 3.73. The van der Waals surface area contributed by atoms with E-state index in [2.05, 4.69) is 31.1 Å². The van der Waals surface area contributed by atoms with Gasteiger partial charge >= 0.3 is 0 Å². The summed E-state index contributed by atoms with van der Waals surface area (Å²) in [6.07, 6.45) is 3.14. The first-order valence-electron chi connectivity index (χ1n) is 5.35. The van der Waals surface area contributed by atoms with Crippen LogP contribution in [-0.2, 0) is 6.54 Å². The summed E-state index contributed by atoms with van der Waals surface area (Å²) in [6, 6.07) is 0.477. The third-order valence-corrected chi connectivity index (χ3v) is 2.71. The van der Waals surface area contributed by atoms with E-state index in [0.717, 1.165) is 24.1 Å². The summed E-state index contributed by atoms with van der Waals surface area (Å²) in [5.41, 5.74) is 0. The van der Waals surface area contributed by atoms with Gasteiger partial charge in [-0.3, -0.25) is 0 Å². The van der Waals surface area contributed by atoms with Crippen molar-refractivity contribution >= 4 is 0 Å². The minimum absolute atomic E-state index is 0.477. The standard InChI is InChI=1S/C11H18N2O/c1-7(2)12-6-11-13-5-10(14-11)9-4-8(9)3/h5,7-9,12H,4,6H2,1-3H3. The van der Waals surface area contributed by atoms with E-state index >= 15 is 0 Å². The predicted molar refractivity (Wildman–Crippen MR) is 55.0 cm³/mol. The maximum atomic E-state index is 5.65. The molecule has 14 heavy (non-hydrogen) atoms. The van der Waals surface area contributed by atoms with E-state index in [1.165, 1.54) is 6.42 Å². The van der Waals surface area contributed by atoms with Gasteiger partial charge in [-0.05, 0) is 12.3 Å². The maximum absolute atomic E-state index is 5.65. The molecule has 1 aliphatic rings. The van der Waals surface area contributed by atoms with Crippen molar-refractivity contribution in [3.63, 3.8) is 0 Å². The highest BCUT2D eigenvalue weighted by atomic mass is 16.4. The van der Waals surface area contributed by atoms with Crippen LogP contribution in [0.2, 0.25) is 0 Å². The molecule has 0 radical (unpaired) electrons. The molecule has 0 aromatic carbocycles. The van der Waals surface area contributed by atoms with Crippen molar-refractivity contribution in [2.45, 2.75) is 45.7 Å². The van der Waals surface area contributed by atoms with Crippen molar-refractivity contribution in [1.29, 1.82) is 0 Å². The minimum atomic E-state index is 0.477. The van der Waals surface area contributed by atoms with Crippen molar-refractivity contribution in [2.24, 2.45) is 5.92 Å². The molecule has 1 saturated carbocycles. The molecule has 0 amide bonds. The Hall–Kier alpha value is -0.830. The van der Waals surface area contributed by atoms with Crippen molar-refractivity contribution in [2.75, 3.05) is 0 Å². The first-order chi connectivity index (χ1) is 6.66. The molecular weight excluding hydrogens is 176 g/mol. The van der Waals surface area contributed by atoms with Gasteiger partial charge in [0.15, 0.2) is 0 Å². The molecular formula is C11H18N2O. The van der Waals surface area contributed by atoms with Crippen molar-refractivity contribution in [3.05, 3.63) is 17.8 Å². The Kier molecular flexibility index (Phi) is 2.59. The van der Waals surface area contributed by atoms with Crippen molar-refractivity contribution < 1.29 is 4.42 Å². The fraction of sp³-hybridized carbons (Fsp3) is 0.727. The SMILES string of the molecule is CC(C)NCc1ncc(C2CC2C)o1. The molecule has 0 aliphatic heterocycles. The molecule has 1 aliphatic carbocycles. The number of hydrogen-bond acceptors (Lipinski definition) is 3. The van der Waals surface area contributed by atoms with Crippen molar-refractivity contribution in [3.8, 4) is 0 Å². The first kappa shape index (κ1) is 9.71. The number of rotatable bonds is 4. The molecule has 3 heteroatoms. The van der Waals surface area contributed by atoms with E-state index in [4.69, 9.17) is 4.42 Å². The van der Waals surface area contributed by atoms with Crippen LogP contribution >= 0.6 is 0 Å². The molecule has 0 spiro atoms. The van der Waals surface area contributed by atoms with Crippen LogP contribution in [-0.4, -0.2) is 11.0 Å². The lowest BCUT2D eigenvalue weighted by molar-refractivity contribution is 0.422.